The number of hydrogen-bond donors (Lipinski definition) is 1. The van der Waals surface area contributed by atoms with Crippen LogP contribution in [0.25, 0.3) is 0 Å². The Morgan fingerprint density at radius 2 is 1.87 bits per heavy atom. The lowest BCUT2D eigenvalue weighted by molar-refractivity contribution is -0.127. The third-order valence-corrected chi connectivity index (χ3v) is 3.37. The first-order valence-corrected chi connectivity index (χ1v) is 7.81. The Labute approximate surface area is 137 Å². The van der Waals surface area contributed by atoms with E-state index in [0.717, 1.165) is 16.9 Å². The molecule has 0 aliphatic heterocycles. The minimum absolute atomic E-state index is 0.139. The van der Waals surface area contributed by atoms with Crippen LogP contribution in [0.3, 0.4) is 0 Å². The zero-order valence-corrected chi connectivity index (χ0v) is 13.8. The Kier molecular flexibility index (Phi) is 6.03. The van der Waals surface area contributed by atoms with Gasteiger partial charge in [-0.2, -0.15) is 0 Å². The molecule has 1 unspecified atom stereocenters. The van der Waals surface area contributed by atoms with E-state index < -0.39 is 6.10 Å². The van der Waals surface area contributed by atoms with Crippen molar-refractivity contribution in [3.63, 3.8) is 0 Å². The minimum atomic E-state index is -0.542. The highest BCUT2D eigenvalue weighted by Crippen LogP contribution is 2.15. The van der Waals surface area contributed by atoms with E-state index in [-0.39, 0.29) is 5.91 Å². The highest BCUT2D eigenvalue weighted by atomic mass is 16.5. The maximum atomic E-state index is 12.1. The summed E-state index contributed by atoms with van der Waals surface area (Å²) in [6, 6.07) is 15.3. The van der Waals surface area contributed by atoms with Crippen LogP contribution < -0.4 is 14.8 Å². The topological polar surface area (TPSA) is 47.6 Å². The number of ether oxygens (including phenoxy) is 2. The van der Waals surface area contributed by atoms with E-state index in [9.17, 15) is 4.79 Å². The quantitative estimate of drug-likeness (QED) is 0.851. The largest absolute Gasteiger partial charge is 0.494 e. The van der Waals surface area contributed by atoms with Gasteiger partial charge in [-0.15, -0.1) is 0 Å². The number of amides is 1. The molecule has 1 atom stereocenters. The lowest BCUT2D eigenvalue weighted by atomic mass is 10.2. The van der Waals surface area contributed by atoms with Crippen LogP contribution in [0.2, 0.25) is 0 Å². The van der Waals surface area contributed by atoms with Crippen molar-refractivity contribution in [1.29, 1.82) is 0 Å². The molecule has 0 aromatic heterocycles. The van der Waals surface area contributed by atoms with Crippen molar-refractivity contribution in [3.8, 4) is 11.5 Å². The van der Waals surface area contributed by atoms with Gasteiger partial charge < -0.3 is 14.8 Å². The second-order valence-corrected chi connectivity index (χ2v) is 5.37. The molecule has 0 aliphatic carbocycles. The highest BCUT2D eigenvalue weighted by Gasteiger charge is 2.14. The Balaban J connectivity index is 1.83. The molecular weight excluding hydrogens is 290 g/mol. The van der Waals surface area contributed by atoms with Gasteiger partial charge in [0.05, 0.1) is 6.61 Å². The van der Waals surface area contributed by atoms with Crippen molar-refractivity contribution in [1.82, 2.24) is 5.32 Å². The van der Waals surface area contributed by atoms with Crippen molar-refractivity contribution >= 4 is 5.91 Å². The van der Waals surface area contributed by atoms with Crippen molar-refractivity contribution in [2.75, 3.05) is 6.61 Å². The summed E-state index contributed by atoms with van der Waals surface area (Å²) in [5.74, 6) is 1.40. The van der Waals surface area contributed by atoms with Gasteiger partial charge in [0, 0.05) is 6.54 Å². The number of nitrogens with one attached hydrogen (secondary N) is 1. The van der Waals surface area contributed by atoms with Gasteiger partial charge in [0.2, 0.25) is 0 Å². The molecule has 4 heteroatoms. The number of hydrogen-bond acceptors (Lipinski definition) is 3. The highest BCUT2D eigenvalue weighted by molar-refractivity contribution is 5.80. The molecule has 2 rings (SSSR count). The molecule has 0 saturated heterocycles. The molecule has 0 aliphatic rings. The summed E-state index contributed by atoms with van der Waals surface area (Å²) < 4.78 is 11.1. The second-order valence-electron chi connectivity index (χ2n) is 5.37. The van der Waals surface area contributed by atoms with Crippen LogP contribution in [0, 0.1) is 6.92 Å². The molecule has 2 aromatic rings. The zero-order chi connectivity index (χ0) is 16.7. The molecule has 2 aromatic carbocycles. The average Bonchev–Trinajstić information content (AvgIpc) is 2.54. The first kappa shape index (κ1) is 16.9. The Morgan fingerprint density at radius 1 is 1.13 bits per heavy atom. The summed E-state index contributed by atoms with van der Waals surface area (Å²) in [5, 5.41) is 2.88. The van der Waals surface area contributed by atoms with Crippen LogP contribution in [0.5, 0.6) is 11.5 Å². The standard InChI is InChI=1S/C19H23NO3/c1-4-22-17-10-8-16(9-11-17)13-20-19(21)15(3)23-18-7-5-6-14(2)12-18/h5-12,15H,4,13H2,1-3H3,(H,20,21). The monoisotopic (exact) mass is 313 g/mol. The fourth-order valence-electron chi connectivity index (χ4n) is 2.15. The second kappa shape index (κ2) is 8.22. The van der Waals surface area contributed by atoms with Crippen LogP contribution in [-0.4, -0.2) is 18.6 Å². The summed E-state index contributed by atoms with van der Waals surface area (Å²) in [6.07, 6.45) is -0.542. The third kappa shape index (κ3) is 5.33. The molecule has 1 N–H and O–H groups in total. The molecule has 23 heavy (non-hydrogen) atoms. The maximum Gasteiger partial charge on any atom is 0.261 e. The number of carbonyl (C=O) groups excluding carboxylic acids is 1. The number of rotatable bonds is 7. The predicted molar refractivity (Wildman–Crippen MR) is 90.7 cm³/mol. The van der Waals surface area contributed by atoms with Gasteiger partial charge in [-0.05, 0) is 56.2 Å². The molecule has 0 bridgehead atoms. The third-order valence-electron chi connectivity index (χ3n) is 3.37. The molecular formula is C19H23NO3. The molecule has 4 nitrogen and oxygen atoms in total. The van der Waals surface area contributed by atoms with Gasteiger partial charge in [-0.1, -0.05) is 24.3 Å². The molecule has 0 saturated carbocycles. The Bertz CT molecular complexity index is 637. The fraction of sp³-hybridized carbons (Fsp3) is 0.316. The fourth-order valence-corrected chi connectivity index (χ4v) is 2.15. The summed E-state index contributed by atoms with van der Waals surface area (Å²) >= 11 is 0. The summed E-state index contributed by atoms with van der Waals surface area (Å²) in [6.45, 7) is 6.79. The van der Waals surface area contributed by atoms with Gasteiger partial charge in [-0.3, -0.25) is 4.79 Å². The first-order chi connectivity index (χ1) is 11.1. The smallest absolute Gasteiger partial charge is 0.261 e. The van der Waals surface area contributed by atoms with Gasteiger partial charge in [0.25, 0.3) is 5.91 Å². The van der Waals surface area contributed by atoms with E-state index >= 15 is 0 Å². The summed E-state index contributed by atoms with van der Waals surface area (Å²) in [5.41, 5.74) is 2.12. The number of carbonyl (C=O) groups is 1. The number of benzene rings is 2. The lowest BCUT2D eigenvalue weighted by Crippen LogP contribution is -2.35. The van der Waals surface area contributed by atoms with Gasteiger partial charge in [-0.25, -0.2) is 0 Å². The first-order valence-electron chi connectivity index (χ1n) is 7.81. The molecule has 122 valence electrons. The molecule has 0 fully saturated rings. The van der Waals surface area contributed by atoms with E-state index in [0.29, 0.717) is 18.9 Å². The van der Waals surface area contributed by atoms with E-state index in [1.54, 1.807) is 6.92 Å². The van der Waals surface area contributed by atoms with Crippen LogP contribution in [0.1, 0.15) is 25.0 Å². The van der Waals surface area contributed by atoms with Crippen LogP contribution in [-0.2, 0) is 11.3 Å². The molecule has 1 amide bonds. The lowest BCUT2D eigenvalue weighted by Gasteiger charge is -2.15. The van der Waals surface area contributed by atoms with Crippen molar-refractivity contribution in [2.45, 2.75) is 33.4 Å². The Hall–Kier alpha value is -2.49. The number of aryl methyl sites for hydroxylation is 1. The Morgan fingerprint density at radius 3 is 2.52 bits per heavy atom. The molecule has 0 radical (unpaired) electrons. The van der Waals surface area contributed by atoms with Gasteiger partial charge in [0.1, 0.15) is 11.5 Å². The minimum Gasteiger partial charge on any atom is -0.494 e. The zero-order valence-electron chi connectivity index (χ0n) is 13.8. The molecule has 0 spiro atoms. The van der Waals surface area contributed by atoms with Gasteiger partial charge in [0.15, 0.2) is 6.10 Å². The van der Waals surface area contributed by atoms with Gasteiger partial charge >= 0.3 is 0 Å². The van der Waals surface area contributed by atoms with Crippen LogP contribution >= 0.6 is 0 Å². The average molecular weight is 313 g/mol. The van der Waals surface area contributed by atoms with E-state index in [4.69, 9.17) is 9.47 Å². The van der Waals surface area contributed by atoms with Crippen molar-refractivity contribution in [3.05, 3.63) is 59.7 Å². The SMILES string of the molecule is CCOc1ccc(CNC(=O)C(C)Oc2cccc(C)c2)cc1. The van der Waals surface area contributed by atoms with Crippen molar-refractivity contribution in [2.24, 2.45) is 0 Å². The normalized spacial score (nSPS) is 11.6. The predicted octanol–water partition coefficient (Wildman–Crippen LogP) is 3.48. The molecule has 0 heterocycles. The van der Waals surface area contributed by atoms with E-state index in [1.165, 1.54) is 0 Å². The van der Waals surface area contributed by atoms with Crippen molar-refractivity contribution < 1.29 is 14.3 Å². The summed E-state index contributed by atoms with van der Waals surface area (Å²) in [4.78, 5) is 12.1. The van der Waals surface area contributed by atoms with E-state index in [2.05, 4.69) is 5.32 Å². The van der Waals surface area contributed by atoms with Crippen LogP contribution in [0.4, 0.5) is 0 Å². The maximum absolute atomic E-state index is 12.1. The summed E-state index contributed by atoms with van der Waals surface area (Å²) in [7, 11) is 0. The van der Waals surface area contributed by atoms with Crippen LogP contribution in [0.15, 0.2) is 48.5 Å². The van der Waals surface area contributed by atoms with E-state index in [1.807, 2.05) is 62.4 Å².